The smallest absolute Gasteiger partial charge is 0.387 e. The molecule has 0 saturated carbocycles. The number of ether oxygens (including phenoxy) is 3. The molecule has 1 atom stereocenters. The van der Waals surface area contributed by atoms with Crippen molar-refractivity contribution in [3.05, 3.63) is 54.1 Å². The first kappa shape index (κ1) is 20.1. The Balaban J connectivity index is 1.61. The second-order valence-corrected chi connectivity index (χ2v) is 6.83. The number of carbonyl (C=O) groups excluding carboxylic acids is 2. The molecule has 158 valence electrons. The van der Waals surface area contributed by atoms with Crippen molar-refractivity contribution in [2.75, 3.05) is 37.7 Å². The van der Waals surface area contributed by atoms with Crippen LogP contribution in [0.25, 0.3) is 0 Å². The molecule has 7 nitrogen and oxygen atoms in total. The van der Waals surface area contributed by atoms with E-state index in [0.717, 1.165) is 0 Å². The summed E-state index contributed by atoms with van der Waals surface area (Å²) in [6.45, 7) is -1.16. The zero-order valence-electron chi connectivity index (χ0n) is 16.0. The number of para-hydroxylation sites is 2. The number of rotatable bonds is 4. The van der Waals surface area contributed by atoms with Crippen molar-refractivity contribution in [3.63, 3.8) is 0 Å². The summed E-state index contributed by atoms with van der Waals surface area (Å²) < 4.78 is 40.6. The van der Waals surface area contributed by atoms with Crippen LogP contribution in [0.4, 0.5) is 14.5 Å². The maximum atomic E-state index is 13.2. The zero-order valence-corrected chi connectivity index (χ0v) is 16.0. The van der Waals surface area contributed by atoms with E-state index in [9.17, 15) is 18.4 Å². The lowest BCUT2D eigenvalue weighted by Crippen LogP contribution is -2.54. The number of amides is 2. The number of anilines is 1. The molecule has 2 amide bonds. The molecule has 2 heterocycles. The Hall–Kier alpha value is -3.20. The second-order valence-electron chi connectivity index (χ2n) is 6.83. The molecule has 2 aromatic carbocycles. The molecule has 4 rings (SSSR count). The Morgan fingerprint density at radius 2 is 1.83 bits per heavy atom. The number of fused-ring (bicyclic) bond motifs is 1. The quantitative estimate of drug-likeness (QED) is 0.764. The third kappa shape index (κ3) is 4.20. The van der Waals surface area contributed by atoms with Gasteiger partial charge in [-0.2, -0.15) is 8.78 Å². The van der Waals surface area contributed by atoms with E-state index in [4.69, 9.17) is 9.47 Å². The third-order valence-corrected chi connectivity index (χ3v) is 4.92. The summed E-state index contributed by atoms with van der Waals surface area (Å²) in [5, 5.41) is 0. The number of carbonyl (C=O) groups is 2. The van der Waals surface area contributed by atoms with Crippen LogP contribution in [0.3, 0.4) is 0 Å². The lowest BCUT2D eigenvalue weighted by atomic mass is 10.1. The molecule has 1 saturated heterocycles. The van der Waals surface area contributed by atoms with E-state index in [-0.39, 0.29) is 23.8 Å². The Kier molecular flexibility index (Phi) is 5.80. The van der Waals surface area contributed by atoms with Gasteiger partial charge >= 0.3 is 6.61 Å². The van der Waals surface area contributed by atoms with Gasteiger partial charge in [-0.25, -0.2) is 0 Å². The van der Waals surface area contributed by atoms with Crippen LogP contribution in [0.15, 0.2) is 48.5 Å². The minimum atomic E-state index is -2.99. The van der Waals surface area contributed by atoms with E-state index >= 15 is 0 Å². The molecule has 0 radical (unpaired) electrons. The van der Waals surface area contributed by atoms with Gasteiger partial charge < -0.3 is 24.0 Å². The summed E-state index contributed by atoms with van der Waals surface area (Å²) >= 11 is 0. The van der Waals surface area contributed by atoms with Gasteiger partial charge in [-0.05, 0) is 30.3 Å². The molecule has 1 unspecified atom stereocenters. The van der Waals surface area contributed by atoms with Crippen molar-refractivity contribution >= 4 is 17.5 Å². The molecule has 0 aliphatic carbocycles. The number of hydrogen-bond acceptors (Lipinski definition) is 5. The standard InChI is InChI=1S/C21H20F2N2O5/c22-21(23)29-15-5-3-4-14(12-15)19(26)25-13-18(20(27)24-8-10-28-11-9-24)30-17-7-2-1-6-16(17)25/h1-7,12,18,21H,8-11,13H2. The summed E-state index contributed by atoms with van der Waals surface area (Å²) in [5.74, 6) is -0.368. The molecular formula is C21H20F2N2O5. The van der Waals surface area contributed by atoms with Gasteiger partial charge in [-0.1, -0.05) is 18.2 Å². The monoisotopic (exact) mass is 418 g/mol. The fourth-order valence-electron chi connectivity index (χ4n) is 3.50. The molecule has 0 N–H and O–H groups in total. The van der Waals surface area contributed by atoms with Gasteiger partial charge in [0, 0.05) is 18.7 Å². The first-order chi connectivity index (χ1) is 14.5. The van der Waals surface area contributed by atoms with E-state index in [1.54, 1.807) is 29.2 Å². The maximum Gasteiger partial charge on any atom is 0.387 e. The van der Waals surface area contributed by atoms with Gasteiger partial charge in [0.25, 0.3) is 11.8 Å². The number of hydrogen-bond donors (Lipinski definition) is 0. The Morgan fingerprint density at radius 1 is 1.07 bits per heavy atom. The van der Waals surface area contributed by atoms with Crippen LogP contribution in [0.1, 0.15) is 10.4 Å². The SMILES string of the molecule is O=C(C1CN(C(=O)c2cccc(OC(F)F)c2)c2ccccc2O1)N1CCOCC1. The number of benzene rings is 2. The largest absolute Gasteiger partial charge is 0.476 e. The topological polar surface area (TPSA) is 68.3 Å². The first-order valence-corrected chi connectivity index (χ1v) is 9.52. The van der Waals surface area contributed by atoms with Crippen molar-refractivity contribution in [1.82, 2.24) is 4.90 Å². The Labute approximate surface area is 171 Å². The zero-order chi connectivity index (χ0) is 21.1. The van der Waals surface area contributed by atoms with Gasteiger partial charge in [0.15, 0.2) is 6.10 Å². The first-order valence-electron chi connectivity index (χ1n) is 9.52. The maximum absolute atomic E-state index is 13.2. The molecule has 0 aromatic heterocycles. The molecule has 30 heavy (non-hydrogen) atoms. The summed E-state index contributed by atoms with van der Waals surface area (Å²) in [4.78, 5) is 29.3. The lowest BCUT2D eigenvalue weighted by molar-refractivity contribution is -0.142. The summed E-state index contributed by atoms with van der Waals surface area (Å²) in [7, 11) is 0. The van der Waals surface area contributed by atoms with Crippen LogP contribution >= 0.6 is 0 Å². The van der Waals surface area contributed by atoms with Crippen LogP contribution in [0.5, 0.6) is 11.5 Å². The average molecular weight is 418 g/mol. The highest BCUT2D eigenvalue weighted by Gasteiger charge is 2.36. The van der Waals surface area contributed by atoms with Crippen LogP contribution in [0.2, 0.25) is 0 Å². The Bertz CT molecular complexity index is 933. The number of halogens is 2. The van der Waals surface area contributed by atoms with Crippen LogP contribution in [0, 0.1) is 0 Å². The van der Waals surface area contributed by atoms with Gasteiger partial charge in [-0.3, -0.25) is 9.59 Å². The lowest BCUT2D eigenvalue weighted by Gasteiger charge is -2.37. The van der Waals surface area contributed by atoms with Crippen LogP contribution < -0.4 is 14.4 Å². The van der Waals surface area contributed by atoms with E-state index in [2.05, 4.69) is 4.74 Å². The predicted molar refractivity (Wildman–Crippen MR) is 103 cm³/mol. The highest BCUT2D eigenvalue weighted by molar-refractivity contribution is 6.08. The van der Waals surface area contributed by atoms with E-state index in [1.165, 1.54) is 29.2 Å². The molecule has 1 fully saturated rings. The average Bonchev–Trinajstić information content (AvgIpc) is 2.77. The van der Waals surface area contributed by atoms with Crippen molar-refractivity contribution in [2.45, 2.75) is 12.7 Å². The number of alkyl halides is 2. The van der Waals surface area contributed by atoms with Crippen molar-refractivity contribution in [2.24, 2.45) is 0 Å². The van der Waals surface area contributed by atoms with Crippen molar-refractivity contribution in [3.8, 4) is 11.5 Å². The van der Waals surface area contributed by atoms with Crippen LogP contribution in [-0.2, 0) is 9.53 Å². The highest BCUT2D eigenvalue weighted by Crippen LogP contribution is 2.35. The van der Waals surface area contributed by atoms with Gasteiger partial charge in [0.1, 0.15) is 11.5 Å². The predicted octanol–water partition coefficient (Wildman–Crippen LogP) is 2.55. The van der Waals surface area contributed by atoms with Gasteiger partial charge in [-0.15, -0.1) is 0 Å². The summed E-state index contributed by atoms with van der Waals surface area (Å²) in [6, 6.07) is 12.5. The van der Waals surface area contributed by atoms with E-state index in [1.807, 2.05) is 0 Å². The van der Waals surface area contributed by atoms with Crippen molar-refractivity contribution in [1.29, 1.82) is 0 Å². The van der Waals surface area contributed by atoms with Crippen LogP contribution in [-0.4, -0.2) is 62.3 Å². The van der Waals surface area contributed by atoms with Gasteiger partial charge in [0.05, 0.1) is 25.4 Å². The minimum Gasteiger partial charge on any atom is -0.476 e. The molecular weight excluding hydrogens is 398 g/mol. The summed E-state index contributed by atoms with van der Waals surface area (Å²) in [6.07, 6.45) is -0.873. The fourth-order valence-corrected chi connectivity index (χ4v) is 3.50. The minimum absolute atomic E-state index is 0.00592. The van der Waals surface area contributed by atoms with E-state index in [0.29, 0.717) is 37.7 Å². The van der Waals surface area contributed by atoms with Crippen molar-refractivity contribution < 1.29 is 32.6 Å². The molecule has 2 aromatic rings. The Morgan fingerprint density at radius 3 is 2.60 bits per heavy atom. The second kappa shape index (κ2) is 8.66. The molecule has 9 heteroatoms. The molecule has 0 bridgehead atoms. The number of nitrogens with zero attached hydrogens (tertiary/aromatic N) is 2. The summed E-state index contributed by atoms with van der Waals surface area (Å²) in [5.41, 5.74) is 0.677. The van der Waals surface area contributed by atoms with Gasteiger partial charge in [0.2, 0.25) is 0 Å². The number of morpholine rings is 1. The van der Waals surface area contributed by atoms with E-state index < -0.39 is 18.6 Å². The highest BCUT2D eigenvalue weighted by atomic mass is 19.3. The molecule has 0 spiro atoms. The molecule has 2 aliphatic heterocycles. The normalized spacial score (nSPS) is 18.6. The molecule has 2 aliphatic rings. The third-order valence-electron chi connectivity index (χ3n) is 4.92. The fraction of sp³-hybridized carbons (Fsp3) is 0.333.